The Morgan fingerprint density at radius 3 is 2.33 bits per heavy atom. The highest BCUT2D eigenvalue weighted by molar-refractivity contribution is 7.98. The number of hydrogen-bond donors (Lipinski definition) is 1. The van der Waals surface area contributed by atoms with Crippen LogP contribution in [0.3, 0.4) is 0 Å². The fourth-order valence-electron chi connectivity index (χ4n) is 3.04. The van der Waals surface area contributed by atoms with Gasteiger partial charge in [0.15, 0.2) is 0 Å². The zero-order chi connectivity index (χ0) is 21.5. The van der Waals surface area contributed by atoms with Gasteiger partial charge < -0.3 is 14.8 Å². The second-order valence-corrected chi connectivity index (χ2v) is 8.06. The fraction of sp³-hybridized carbons (Fsp3) is 0.240. The maximum atomic E-state index is 12.9. The first kappa shape index (κ1) is 21.8. The van der Waals surface area contributed by atoms with Crippen molar-refractivity contribution < 1.29 is 14.3 Å². The Balaban J connectivity index is 1.81. The second-order valence-electron chi connectivity index (χ2n) is 7.02. The Morgan fingerprint density at radius 1 is 0.933 bits per heavy atom. The molecule has 0 saturated heterocycles. The summed E-state index contributed by atoms with van der Waals surface area (Å²) in [5.74, 6) is 1.98. The number of anilines is 1. The Labute approximate surface area is 182 Å². The molecule has 3 rings (SSSR count). The summed E-state index contributed by atoms with van der Waals surface area (Å²) in [5.41, 5.74) is 4.52. The highest BCUT2D eigenvalue weighted by Crippen LogP contribution is 2.30. The number of ether oxygens (including phenoxy) is 2. The zero-order valence-electron chi connectivity index (χ0n) is 17.8. The van der Waals surface area contributed by atoms with E-state index in [1.807, 2.05) is 44.2 Å². The van der Waals surface area contributed by atoms with Crippen LogP contribution in [0.15, 0.2) is 65.6 Å². The zero-order valence-corrected chi connectivity index (χ0v) is 18.6. The third-order valence-corrected chi connectivity index (χ3v) is 5.70. The summed E-state index contributed by atoms with van der Waals surface area (Å²) in [6, 6.07) is 19.7. The van der Waals surface area contributed by atoms with Gasteiger partial charge in [-0.2, -0.15) is 0 Å². The summed E-state index contributed by atoms with van der Waals surface area (Å²) in [4.78, 5) is 14.1. The molecule has 0 radical (unpaired) electrons. The van der Waals surface area contributed by atoms with Crippen LogP contribution in [0.2, 0.25) is 0 Å². The first-order chi connectivity index (χ1) is 14.5. The van der Waals surface area contributed by atoms with Gasteiger partial charge in [-0.15, -0.1) is 11.8 Å². The highest BCUT2D eigenvalue weighted by Gasteiger charge is 2.13. The molecule has 156 valence electrons. The minimum atomic E-state index is -0.177. The van der Waals surface area contributed by atoms with Gasteiger partial charge in [-0.1, -0.05) is 23.8 Å². The third-order valence-electron chi connectivity index (χ3n) is 4.64. The minimum absolute atomic E-state index is 0.177. The van der Waals surface area contributed by atoms with Crippen molar-refractivity contribution in [2.45, 2.75) is 31.4 Å². The van der Waals surface area contributed by atoms with E-state index in [0.717, 1.165) is 16.9 Å². The van der Waals surface area contributed by atoms with Crippen LogP contribution in [0.4, 0.5) is 5.69 Å². The minimum Gasteiger partial charge on any atom is -0.495 e. The van der Waals surface area contributed by atoms with Crippen LogP contribution in [0.5, 0.6) is 11.5 Å². The number of carbonyl (C=O) groups is 1. The molecule has 0 aliphatic rings. The van der Waals surface area contributed by atoms with Crippen molar-refractivity contribution in [3.05, 3.63) is 82.9 Å². The lowest BCUT2D eigenvalue weighted by Crippen LogP contribution is -2.13. The maximum Gasteiger partial charge on any atom is 0.255 e. The van der Waals surface area contributed by atoms with E-state index < -0.39 is 0 Å². The Hall–Kier alpha value is -2.92. The standard InChI is InChI=1S/C25H27NO3S/c1-5-29-23-13-9-19(15-20(23)16-30-21-10-6-17(2)7-11-21)25(27)26-22-14-18(3)8-12-24(22)28-4/h6-15H,5,16H2,1-4H3,(H,26,27). The molecule has 0 heterocycles. The molecule has 0 saturated carbocycles. The summed E-state index contributed by atoms with van der Waals surface area (Å²) < 4.78 is 11.2. The van der Waals surface area contributed by atoms with Gasteiger partial charge in [-0.3, -0.25) is 4.79 Å². The molecule has 0 bridgehead atoms. The summed E-state index contributed by atoms with van der Waals surface area (Å²) in [7, 11) is 1.59. The molecule has 1 N–H and O–H groups in total. The van der Waals surface area contributed by atoms with Crippen LogP contribution in [-0.4, -0.2) is 19.6 Å². The van der Waals surface area contributed by atoms with Crippen LogP contribution in [0.1, 0.15) is 34.0 Å². The molecule has 5 heteroatoms. The molecule has 0 aliphatic heterocycles. The molecule has 0 aromatic heterocycles. The molecule has 3 aromatic rings. The smallest absolute Gasteiger partial charge is 0.255 e. The van der Waals surface area contributed by atoms with Crippen LogP contribution >= 0.6 is 11.8 Å². The Morgan fingerprint density at radius 2 is 1.63 bits per heavy atom. The predicted octanol–water partition coefficient (Wildman–Crippen LogP) is 6.26. The van der Waals surface area contributed by atoms with Crippen LogP contribution in [0, 0.1) is 13.8 Å². The van der Waals surface area contributed by atoms with E-state index in [2.05, 4.69) is 36.5 Å². The predicted molar refractivity (Wildman–Crippen MR) is 124 cm³/mol. The van der Waals surface area contributed by atoms with E-state index in [4.69, 9.17) is 9.47 Å². The van der Waals surface area contributed by atoms with Gasteiger partial charge >= 0.3 is 0 Å². The average Bonchev–Trinajstić information content (AvgIpc) is 2.74. The van der Waals surface area contributed by atoms with E-state index >= 15 is 0 Å². The van der Waals surface area contributed by atoms with Crippen LogP contribution in [0.25, 0.3) is 0 Å². The van der Waals surface area contributed by atoms with Crippen molar-refractivity contribution in [3.63, 3.8) is 0 Å². The molecule has 30 heavy (non-hydrogen) atoms. The molecular weight excluding hydrogens is 394 g/mol. The molecule has 3 aromatic carbocycles. The number of amides is 1. The van der Waals surface area contributed by atoms with E-state index in [9.17, 15) is 4.79 Å². The number of carbonyl (C=O) groups excluding carboxylic acids is 1. The van der Waals surface area contributed by atoms with Crippen molar-refractivity contribution >= 4 is 23.4 Å². The van der Waals surface area contributed by atoms with Gasteiger partial charge in [0, 0.05) is 21.8 Å². The number of thioether (sulfide) groups is 1. The third kappa shape index (κ3) is 5.57. The number of nitrogens with one attached hydrogen (secondary N) is 1. The van der Waals surface area contributed by atoms with Crippen molar-refractivity contribution in [3.8, 4) is 11.5 Å². The number of benzene rings is 3. The van der Waals surface area contributed by atoms with Gasteiger partial charge in [0.2, 0.25) is 0 Å². The van der Waals surface area contributed by atoms with E-state index in [-0.39, 0.29) is 5.91 Å². The molecule has 1 amide bonds. The largest absolute Gasteiger partial charge is 0.495 e. The molecule has 0 aliphatic carbocycles. The number of hydrogen-bond acceptors (Lipinski definition) is 4. The molecule has 0 unspecified atom stereocenters. The normalized spacial score (nSPS) is 10.5. The van der Waals surface area contributed by atoms with Gasteiger partial charge in [0.1, 0.15) is 11.5 Å². The second kappa shape index (κ2) is 10.2. The quantitative estimate of drug-likeness (QED) is 0.436. The summed E-state index contributed by atoms with van der Waals surface area (Å²) in [6.07, 6.45) is 0. The van der Waals surface area contributed by atoms with Crippen LogP contribution in [-0.2, 0) is 5.75 Å². The fourth-order valence-corrected chi connectivity index (χ4v) is 3.92. The molecule has 4 nitrogen and oxygen atoms in total. The highest BCUT2D eigenvalue weighted by atomic mass is 32.2. The van der Waals surface area contributed by atoms with E-state index in [0.29, 0.717) is 29.4 Å². The lowest BCUT2D eigenvalue weighted by molar-refractivity contribution is 0.102. The SMILES string of the molecule is CCOc1ccc(C(=O)Nc2cc(C)ccc2OC)cc1CSc1ccc(C)cc1. The lowest BCUT2D eigenvalue weighted by Gasteiger charge is -2.14. The summed E-state index contributed by atoms with van der Waals surface area (Å²) in [6.45, 7) is 6.59. The van der Waals surface area contributed by atoms with Gasteiger partial charge in [0.05, 0.1) is 19.4 Å². The Bertz CT molecular complexity index is 1020. The average molecular weight is 422 g/mol. The molecular formula is C25H27NO3S. The van der Waals surface area contributed by atoms with E-state index in [1.165, 1.54) is 10.5 Å². The maximum absolute atomic E-state index is 12.9. The summed E-state index contributed by atoms with van der Waals surface area (Å²) >= 11 is 1.72. The molecule has 0 spiro atoms. The van der Waals surface area contributed by atoms with Gasteiger partial charge in [0.25, 0.3) is 5.91 Å². The number of rotatable bonds is 8. The summed E-state index contributed by atoms with van der Waals surface area (Å²) in [5, 5.41) is 2.97. The van der Waals surface area contributed by atoms with Crippen molar-refractivity contribution in [1.82, 2.24) is 0 Å². The number of methoxy groups -OCH3 is 1. The van der Waals surface area contributed by atoms with Crippen molar-refractivity contribution in [2.75, 3.05) is 19.0 Å². The van der Waals surface area contributed by atoms with E-state index in [1.54, 1.807) is 24.9 Å². The first-order valence-corrected chi connectivity index (χ1v) is 10.9. The Kier molecular flexibility index (Phi) is 7.41. The van der Waals surface area contributed by atoms with Crippen molar-refractivity contribution in [2.24, 2.45) is 0 Å². The monoisotopic (exact) mass is 421 g/mol. The topological polar surface area (TPSA) is 47.6 Å². The number of aryl methyl sites for hydroxylation is 2. The van der Waals surface area contributed by atoms with Gasteiger partial charge in [-0.25, -0.2) is 0 Å². The lowest BCUT2D eigenvalue weighted by atomic mass is 10.1. The van der Waals surface area contributed by atoms with Crippen molar-refractivity contribution in [1.29, 1.82) is 0 Å². The van der Waals surface area contributed by atoms with Crippen LogP contribution < -0.4 is 14.8 Å². The van der Waals surface area contributed by atoms with Gasteiger partial charge in [-0.05, 0) is 68.8 Å². The molecule has 0 fully saturated rings. The first-order valence-electron chi connectivity index (χ1n) is 9.91. The molecule has 0 atom stereocenters.